The van der Waals surface area contributed by atoms with E-state index < -0.39 is 6.10 Å². The van der Waals surface area contributed by atoms with E-state index in [1.807, 2.05) is 29.8 Å². The summed E-state index contributed by atoms with van der Waals surface area (Å²) in [5.74, 6) is 0.951. The average molecular weight is 367 g/mol. The number of likely N-dealkylation sites (N-methyl/N-ethyl adjacent to an activating group) is 1. The van der Waals surface area contributed by atoms with Crippen LogP contribution in [0, 0.1) is 6.92 Å². The number of amides is 1. The molecule has 2 aromatic heterocycles. The monoisotopic (exact) mass is 367 g/mol. The van der Waals surface area contributed by atoms with Crippen LogP contribution in [0.1, 0.15) is 36.7 Å². The summed E-state index contributed by atoms with van der Waals surface area (Å²) >= 11 is 0. The summed E-state index contributed by atoms with van der Waals surface area (Å²) in [5.41, 5.74) is 3.05. The van der Waals surface area contributed by atoms with E-state index in [9.17, 15) is 9.90 Å². The maximum Gasteiger partial charge on any atom is 0.222 e. The lowest BCUT2D eigenvalue weighted by Crippen LogP contribution is -2.43. The average Bonchev–Trinajstić information content (AvgIpc) is 3.37. The van der Waals surface area contributed by atoms with E-state index >= 15 is 0 Å². The minimum atomic E-state index is -0.572. The first-order valence-corrected chi connectivity index (χ1v) is 9.39. The number of benzene rings is 1. The molecule has 0 bridgehead atoms. The third kappa shape index (κ3) is 3.47. The van der Waals surface area contributed by atoms with E-state index in [0.29, 0.717) is 12.8 Å². The molecule has 4 rings (SSSR count). The van der Waals surface area contributed by atoms with Crippen molar-refractivity contribution >= 4 is 16.9 Å². The number of hydrogen-bond acceptors (Lipinski definition) is 4. The molecule has 0 spiro atoms. The second kappa shape index (κ2) is 7.15. The lowest BCUT2D eigenvalue weighted by molar-refractivity contribution is -0.133. The van der Waals surface area contributed by atoms with Gasteiger partial charge in [0.25, 0.3) is 0 Å². The number of rotatable bonds is 5. The quantitative estimate of drug-likeness (QED) is 0.724. The van der Waals surface area contributed by atoms with E-state index in [1.165, 1.54) is 0 Å². The van der Waals surface area contributed by atoms with Crippen LogP contribution in [0.2, 0.25) is 0 Å². The van der Waals surface area contributed by atoms with Crippen LogP contribution in [0.15, 0.2) is 36.9 Å². The molecular formula is C20H25N5O2. The van der Waals surface area contributed by atoms with Crippen molar-refractivity contribution in [1.29, 1.82) is 0 Å². The van der Waals surface area contributed by atoms with Crippen LogP contribution in [0.4, 0.5) is 0 Å². The van der Waals surface area contributed by atoms with Crippen molar-refractivity contribution in [2.75, 3.05) is 7.05 Å². The number of carbonyl (C=O) groups excluding carboxylic acids is 1. The standard InChI is InChI=1S/C20H25N5O2/c1-13-22-15-5-3-14(11-16(15)23-13)4-8-19(26)24(2)17-6-7-18(20(17)27)25-10-9-21-12-25/h3,5,9-12,17-18,20,27H,4,6-8H2,1-2H3,(H,22,23)/t17-,18-,20-/m1/s1. The third-order valence-corrected chi connectivity index (χ3v) is 5.64. The Bertz CT molecular complexity index is 933. The molecule has 27 heavy (non-hydrogen) atoms. The van der Waals surface area contributed by atoms with Gasteiger partial charge in [-0.2, -0.15) is 0 Å². The molecule has 1 amide bonds. The molecule has 0 radical (unpaired) electrons. The van der Waals surface area contributed by atoms with Gasteiger partial charge in [-0.3, -0.25) is 4.79 Å². The highest BCUT2D eigenvalue weighted by atomic mass is 16.3. The molecule has 142 valence electrons. The van der Waals surface area contributed by atoms with Gasteiger partial charge in [-0.1, -0.05) is 6.07 Å². The Balaban J connectivity index is 1.37. The number of nitrogens with zero attached hydrogens (tertiary/aromatic N) is 4. The predicted molar refractivity (Wildman–Crippen MR) is 102 cm³/mol. The Morgan fingerprint density at radius 3 is 3.04 bits per heavy atom. The van der Waals surface area contributed by atoms with Crippen LogP contribution in [0.3, 0.4) is 0 Å². The first kappa shape index (κ1) is 17.7. The summed E-state index contributed by atoms with van der Waals surface area (Å²) < 4.78 is 1.94. The van der Waals surface area contributed by atoms with E-state index in [-0.39, 0.29) is 18.0 Å². The number of fused-ring (bicyclic) bond motifs is 1. The van der Waals surface area contributed by atoms with Gasteiger partial charge in [-0.15, -0.1) is 0 Å². The summed E-state index contributed by atoms with van der Waals surface area (Å²) in [5, 5.41) is 10.7. The number of H-pyrrole nitrogens is 1. The number of aliphatic hydroxyl groups is 1. The molecule has 7 heteroatoms. The van der Waals surface area contributed by atoms with Gasteiger partial charge in [-0.05, 0) is 43.9 Å². The van der Waals surface area contributed by atoms with Gasteiger partial charge in [0.2, 0.25) is 5.91 Å². The Morgan fingerprint density at radius 1 is 1.41 bits per heavy atom. The summed E-state index contributed by atoms with van der Waals surface area (Å²) in [4.78, 5) is 26.1. The lowest BCUT2D eigenvalue weighted by atomic mass is 10.1. The van der Waals surface area contributed by atoms with Crippen molar-refractivity contribution in [3.63, 3.8) is 0 Å². The Kier molecular flexibility index (Phi) is 4.70. The third-order valence-electron chi connectivity index (χ3n) is 5.64. The number of hydrogen-bond donors (Lipinski definition) is 2. The minimum Gasteiger partial charge on any atom is -0.389 e. The molecular weight excluding hydrogens is 342 g/mol. The topological polar surface area (TPSA) is 87.0 Å². The number of carbonyl (C=O) groups is 1. The molecule has 1 saturated carbocycles. The highest BCUT2D eigenvalue weighted by Crippen LogP contribution is 2.33. The molecule has 1 aliphatic rings. The van der Waals surface area contributed by atoms with Crippen molar-refractivity contribution in [2.24, 2.45) is 0 Å². The molecule has 3 aromatic rings. The fourth-order valence-electron chi connectivity index (χ4n) is 4.11. The summed E-state index contributed by atoms with van der Waals surface area (Å²) in [7, 11) is 1.80. The molecule has 2 N–H and O–H groups in total. The van der Waals surface area contributed by atoms with Crippen LogP contribution >= 0.6 is 0 Å². The van der Waals surface area contributed by atoms with Gasteiger partial charge in [0.15, 0.2) is 0 Å². The van der Waals surface area contributed by atoms with Gasteiger partial charge < -0.3 is 19.6 Å². The number of aromatic nitrogens is 4. The zero-order chi connectivity index (χ0) is 19.0. The minimum absolute atomic E-state index is 0.0150. The molecule has 2 heterocycles. The molecule has 7 nitrogen and oxygen atoms in total. The second-order valence-electron chi connectivity index (χ2n) is 7.39. The maximum atomic E-state index is 12.7. The lowest BCUT2D eigenvalue weighted by Gasteiger charge is -2.29. The summed E-state index contributed by atoms with van der Waals surface area (Å²) in [6, 6.07) is 5.90. The van der Waals surface area contributed by atoms with E-state index in [4.69, 9.17) is 0 Å². The van der Waals surface area contributed by atoms with Crippen LogP contribution in [0.25, 0.3) is 11.0 Å². The molecule has 1 fully saturated rings. The second-order valence-corrected chi connectivity index (χ2v) is 7.39. The van der Waals surface area contributed by atoms with E-state index in [0.717, 1.165) is 35.3 Å². The van der Waals surface area contributed by atoms with E-state index in [1.54, 1.807) is 24.5 Å². The van der Waals surface area contributed by atoms with E-state index in [2.05, 4.69) is 21.0 Å². The van der Waals surface area contributed by atoms with Crippen LogP contribution in [-0.2, 0) is 11.2 Å². The maximum absolute atomic E-state index is 12.7. The molecule has 0 unspecified atom stereocenters. The first-order valence-electron chi connectivity index (χ1n) is 9.39. The SMILES string of the molecule is Cc1nc2ccc(CCC(=O)N(C)[C@@H]3CC[C@@H](n4ccnc4)[C@@H]3O)cc2[nH]1. The fourth-order valence-corrected chi connectivity index (χ4v) is 4.11. The summed E-state index contributed by atoms with van der Waals surface area (Å²) in [6.45, 7) is 1.93. The number of aryl methyl sites for hydroxylation is 2. The highest BCUT2D eigenvalue weighted by molar-refractivity contribution is 5.78. The number of aromatic amines is 1. The van der Waals surface area contributed by atoms with Crippen LogP contribution < -0.4 is 0 Å². The van der Waals surface area contributed by atoms with Gasteiger partial charge in [0, 0.05) is 25.9 Å². The Labute approximate surface area is 158 Å². The van der Waals surface area contributed by atoms with Crippen molar-refractivity contribution in [1.82, 2.24) is 24.4 Å². The molecule has 0 saturated heterocycles. The van der Waals surface area contributed by atoms with Gasteiger partial charge >= 0.3 is 0 Å². The van der Waals surface area contributed by atoms with Gasteiger partial charge in [0.05, 0.1) is 35.5 Å². The first-order chi connectivity index (χ1) is 13.0. The molecule has 1 aromatic carbocycles. The summed E-state index contributed by atoms with van der Waals surface area (Å²) in [6.07, 6.45) is 7.47. The largest absolute Gasteiger partial charge is 0.389 e. The smallest absolute Gasteiger partial charge is 0.222 e. The molecule has 1 aliphatic carbocycles. The van der Waals surface area contributed by atoms with Gasteiger partial charge in [-0.25, -0.2) is 9.97 Å². The van der Waals surface area contributed by atoms with Crippen molar-refractivity contribution < 1.29 is 9.90 Å². The highest BCUT2D eigenvalue weighted by Gasteiger charge is 2.39. The predicted octanol–water partition coefficient (Wildman–Crippen LogP) is 2.22. The number of aliphatic hydroxyl groups excluding tert-OH is 1. The zero-order valence-corrected chi connectivity index (χ0v) is 15.7. The molecule has 0 aliphatic heterocycles. The van der Waals surface area contributed by atoms with Crippen molar-refractivity contribution in [2.45, 2.75) is 50.8 Å². The normalized spacial score (nSPS) is 22.4. The molecule has 3 atom stereocenters. The Hall–Kier alpha value is -2.67. The zero-order valence-electron chi connectivity index (χ0n) is 15.7. The Morgan fingerprint density at radius 2 is 2.26 bits per heavy atom. The van der Waals surface area contributed by atoms with Gasteiger partial charge in [0.1, 0.15) is 5.82 Å². The number of imidazole rings is 2. The number of nitrogens with one attached hydrogen (secondary N) is 1. The van der Waals surface area contributed by atoms with Crippen molar-refractivity contribution in [3.05, 3.63) is 48.3 Å². The van der Waals surface area contributed by atoms with Crippen molar-refractivity contribution in [3.8, 4) is 0 Å². The fraction of sp³-hybridized carbons (Fsp3) is 0.450. The van der Waals surface area contributed by atoms with Crippen LogP contribution in [-0.4, -0.2) is 54.6 Å². The van der Waals surface area contributed by atoms with Crippen LogP contribution in [0.5, 0.6) is 0 Å².